The van der Waals surface area contributed by atoms with E-state index < -0.39 is 0 Å². The number of nitrogens with one attached hydrogen (secondary N) is 1. The van der Waals surface area contributed by atoms with Crippen molar-refractivity contribution in [2.24, 2.45) is 0 Å². The minimum absolute atomic E-state index is 0.0875. The Balaban J connectivity index is 1.83. The zero-order valence-electron chi connectivity index (χ0n) is 14.9. The van der Waals surface area contributed by atoms with Crippen molar-refractivity contribution in [3.8, 4) is 11.5 Å². The summed E-state index contributed by atoms with van der Waals surface area (Å²) in [6.45, 7) is 1.62. The number of halogens is 1. The van der Waals surface area contributed by atoms with E-state index in [1.807, 2.05) is 13.0 Å². The number of anilines is 1. The number of likely N-dealkylation sites (N-methyl/N-ethyl adjacent to an activating group) is 1. The zero-order chi connectivity index (χ0) is 19.1. The molecular weight excluding hydrogens is 356 g/mol. The molecule has 0 radical (unpaired) electrons. The van der Waals surface area contributed by atoms with E-state index in [1.165, 1.54) is 11.9 Å². The highest BCUT2D eigenvalue weighted by Gasteiger charge is 2.14. The van der Waals surface area contributed by atoms with Crippen LogP contribution in [0.4, 0.5) is 5.69 Å². The summed E-state index contributed by atoms with van der Waals surface area (Å²) >= 11 is 6.03. The molecule has 7 heteroatoms. The number of aryl methyl sites for hydroxylation is 1. The molecular formula is C19H21ClN2O4. The first-order valence-electron chi connectivity index (χ1n) is 7.96. The molecule has 138 valence electrons. The van der Waals surface area contributed by atoms with Gasteiger partial charge in [0, 0.05) is 12.7 Å². The van der Waals surface area contributed by atoms with Crippen LogP contribution in [0.25, 0.3) is 0 Å². The fourth-order valence-electron chi connectivity index (χ4n) is 2.15. The quantitative estimate of drug-likeness (QED) is 0.806. The van der Waals surface area contributed by atoms with Crippen molar-refractivity contribution < 1.29 is 19.1 Å². The Labute approximate surface area is 157 Å². The van der Waals surface area contributed by atoms with Gasteiger partial charge in [0.2, 0.25) is 5.91 Å². The zero-order valence-corrected chi connectivity index (χ0v) is 15.7. The maximum absolute atomic E-state index is 12.1. The summed E-state index contributed by atoms with van der Waals surface area (Å²) in [7, 11) is 3.11. The Hall–Kier alpha value is -2.73. The number of carbonyl (C=O) groups is 2. The maximum atomic E-state index is 12.1. The molecule has 2 aromatic rings. The molecule has 0 spiro atoms. The third-order valence-corrected chi connectivity index (χ3v) is 3.93. The monoisotopic (exact) mass is 376 g/mol. The van der Waals surface area contributed by atoms with E-state index in [9.17, 15) is 9.59 Å². The molecule has 0 aliphatic heterocycles. The fraction of sp³-hybridized carbons (Fsp3) is 0.263. The van der Waals surface area contributed by atoms with Crippen LogP contribution in [-0.4, -0.2) is 44.0 Å². The number of methoxy groups -OCH3 is 1. The number of amides is 2. The van der Waals surface area contributed by atoms with Gasteiger partial charge in [0.25, 0.3) is 5.91 Å². The van der Waals surface area contributed by atoms with E-state index in [-0.39, 0.29) is 25.0 Å². The van der Waals surface area contributed by atoms with Crippen molar-refractivity contribution >= 4 is 29.1 Å². The van der Waals surface area contributed by atoms with Crippen LogP contribution >= 0.6 is 11.6 Å². The van der Waals surface area contributed by atoms with Gasteiger partial charge < -0.3 is 19.7 Å². The second-order valence-electron chi connectivity index (χ2n) is 5.75. The average Bonchev–Trinajstić information content (AvgIpc) is 2.62. The van der Waals surface area contributed by atoms with Gasteiger partial charge in [-0.2, -0.15) is 0 Å². The van der Waals surface area contributed by atoms with Crippen molar-refractivity contribution in [1.29, 1.82) is 0 Å². The number of hydrogen-bond acceptors (Lipinski definition) is 4. The Morgan fingerprint density at radius 3 is 2.50 bits per heavy atom. The summed E-state index contributed by atoms with van der Waals surface area (Å²) in [6, 6.07) is 12.2. The normalized spacial score (nSPS) is 10.2. The topological polar surface area (TPSA) is 67.9 Å². The molecule has 0 aromatic heterocycles. The van der Waals surface area contributed by atoms with E-state index in [4.69, 9.17) is 21.1 Å². The number of ether oxygens (including phenoxy) is 2. The van der Waals surface area contributed by atoms with Crippen LogP contribution in [0.5, 0.6) is 11.5 Å². The number of nitrogens with zero attached hydrogens (tertiary/aromatic N) is 1. The minimum Gasteiger partial charge on any atom is -0.497 e. The van der Waals surface area contributed by atoms with Crippen LogP contribution in [0.15, 0.2) is 42.5 Å². The van der Waals surface area contributed by atoms with E-state index in [2.05, 4.69) is 5.32 Å². The van der Waals surface area contributed by atoms with Crippen LogP contribution in [0.3, 0.4) is 0 Å². The van der Waals surface area contributed by atoms with Gasteiger partial charge >= 0.3 is 0 Å². The number of carbonyl (C=O) groups excluding carboxylic acids is 2. The Morgan fingerprint density at radius 1 is 1.15 bits per heavy atom. The summed E-state index contributed by atoms with van der Waals surface area (Å²) < 4.78 is 10.5. The van der Waals surface area contributed by atoms with Gasteiger partial charge in [-0.3, -0.25) is 9.59 Å². The van der Waals surface area contributed by atoms with Gasteiger partial charge in [-0.25, -0.2) is 0 Å². The molecule has 0 unspecified atom stereocenters. The largest absolute Gasteiger partial charge is 0.497 e. The lowest BCUT2D eigenvalue weighted by atomic mass is 10.2. The van der Waals surface area contributed by atoms with Gasteiger partial charge in [0.05, 0.1) is 18.7 Å². The van der Waals surface area contributed by atoms with Gasteiger partial charge in [0.1, 0.15) is 11.5 Å². The molecule has 0 bridgehead atoms. The fourth-order valence-corrected chi connectivity index (χ4v) is 2.32. The van der Waals surface area contributed by atoms with Gasteiger partial charge in [-0.15, -0.1) is 0 Å². The van der Waals surface area contributed by atoms with Crippen molar-refractivity contribution in [2.75, 3.05) is 32.6 Å². The third kappa shape index (κ3) is 5.67. The van der Waals surface area contributed by atoms with Crippen molar-refractivity contribution in [1.82, 2.24) is 4.90 Å². The number of rotatable bonds is 7. The summed E-state index contributed by atoms with van der Waals surface area (Å²) in [5.74, 6) is 0.505. The first-order chi connectivity index (χ1) is 12.4. The van der Waals surface area contributed by atoms with E-state index in [0.29, 0.717) is 22.2 Å². The lowest BCUT2D eigenvalue weighted by Gasteiger charge is -2.17. The third-order valence-electron chi connectivity index (χ3n) is 3.62. The molecule has 0 aliphatic rings. The highest BCUT2D eigenvalue weighted by atomic mass is 35.5. The molecule has 0 saturated heterocycles. The summed E-state index contributed by atoms with van der Waals surface area (Å²) in [5.41, 5.74) is 1.60. The SMILES string of the molecule is COc1ccc(NC(=O)CN(C)C(=O)COc2cc(C)ccc2Cl)cc1. The Kier molecular flexibility index (Phi) is 6.86. The maximum Gasteiger partial charge on any atom is 0.260 e. The molecule has 0 atom stereocenters. The lowest BCUT2D eigenvalue weighted by Crippen LogP contribution is -2.37. The first-order valence-corrected chi connectivity index (χ1v) is 8.33. The molecule has 6 nitrogen and oxygen atoms in total. The van der Waals surface area contributed by atoms with Crippen molar-refractivity contribution in [2.45, 2.75) is 6.92 Å². The predicted molar refractivity (Wildman–Crippen MR) is 101 cm³/mol. The number of benzene rings is 2. The molecule has 2 rings (SSSR count). The highest BCUT2D eigenvalue weighted by Crippen LogP contribution is 2.25. The molecule has 2 aromatic carbocycles. The summed E-state index contributed by atoms with van der Waals surface area (Å²) in [4.78, 5) is 25.5. The second-order valence-corrected chi connectivity index (χ2v) is 6.16. The Bertz CT molecular complexity index is 778. The minimum atomic E-state index is -0.326. The smallest absolute Gasteiger partial charge is 0.260 e. The summed E-state index contributed by atoms with van der Waals surface area (Å²) in [6.07, 6.45) is 0. The predicted octanol–water partition coefficient (Wildman–Crippen LogP) is 3.13. The van der Waals surface area contributed by atoms with E-state index >= 15 is 0 Å². The molecule has 0 saturated carbocycles. The summed E-state index contributed by atoms with van der Waals surface area (Å²) in [5, 5.41) is 3.15. The molecule has 2 amide bonds. The van der Waals surface area contributed by atoms with Crippen molar-refractivity contribution in [3.05, 3.63) is 53.1 Å². The Morgan fingerprint density at radius 2 is 1.85 bits per heavy atom. The van der Waals surface area contributed by atoms with Crippen LogP contribution in [-0.2, 0) is 9.59 Å². The molecule has 1 N–H and O–H groups in total. The van der Waals surface area contributed by atoms with Gasteiger partial charge in [0.15, 0.2) is 6.61 Å². The van der Waals surface area contributed by atoms with Gasteiger partial charge in [-0.1, -0.05) is 17.7 Å². The lowest BCUT2D eigenvalue weighted by molar-refractivity contribution is -0.135. The van der Waals surface area contributed by atoms with Crippen LogP contribution in [0.1, 0.15) is 5.56 Å². The molecule has 0 aliphatic carbocycles. The molecule has 0 heterocycles. The average molecular weight is 377 g/mol. The van der Waals surface area contributed by atoms with E-state index in [0.717, 1.165) is 5.56 Å². The van der Waals surface area contributed by atoms with Gasteiger partial charge in [-0.05, 0) is 48.9 Å². The standard InChI is InChI=1S/C19H21ClN2O4/c1-13-4-9-16(20)17(10-13)26-12-19(24)22(2)11-18(23)21-14-5-7-15(25-3)8-6-14/h4-10H,11-12H2,1-3H3,(H,21,23). The molecule has 26 heavy (non-hydrogen) atoms. The highest BCUT2D eigenvalue weighted by molar-refractivity contribution is 6.32. The second kappa shape index (κ2) is 9.10. The van der Waals surface area contributed by atoms with Crippen LogP contribution < -0.4 is 14.8 Å². The molecule has 0 fully saturated rings. The van der Waals surface area contributed by atoms with Crippen molar-refractivity contribution in [3.63, 3.8) is 0 Å². The number of hydrogen-bond donors (Lipinski definition) is 1. The van der Waals surface area contributed by atoms with E-state index in [1.54, 1.807) is 43.5 Å². The van der Waals surface area contributed by atoms with Crippen LogP contribution in [0.2, 0.25) is 5.02 Å². The first kappa shape index (κ1) is 19.6. The van der Waals surface area contributed by atoms with Crippen LogP contribution in [0, 0.1) is 6.92 Å².